The predicted molar refractivity (Wildman–Crippen MR) is 114 cm³/mol. The summed E-state index contributed by atoms with van der Waals surface area (Å²) in [5.41, 5.74) is 4.55. The van der Waals surface area contributed by atoms with Crippen molar-refractivity contribution in [3.8, 4) is 33.9 Å². The second-order valence-corrected chi connectivity index (χ2v) is 6.92. The molecule has 5 nitrogen and oxygen atoms in total. The van der Waals surface area contributed by atoms with Gasteiger partial charge in [-0.15, -0.1) is 0 Å². The minimum Gasteiger partial charge on any atom is -0.710 e. The second-order valence-electron chi connectivity index (χ2n) is 6.92. The predicted octanol–water partition coefficient (Wildman–Crippen LogP) is 4.60. The van der Waals surface area contributed by atoms with E-state index in [-0.39, 0.29) is 5.82 Å². The molecule has 5 rings (SSSR count). The van der Waals surface area contributed by atoms with E-state index >= 15 is 0 Å². The largest absolute Gasteiger partial charge is 0.710 e. The lowest BCUT2D eigenvalue weighted by Crippen LogP contribution is -2.35. The maximum absolute atomic E-state index is 13.6. The van der Waals surface area contributed by atoms with E-state index < -0.39 is 0 Å². The summed E-state index contributed by atoms with van der Waals surface area (Å²) in [7, 11) is 1.98. The molecule has 5 aromatic rings. The molecule has 5 heteroatoms. The van der Waals surface area contributed by atoms with Gasteiger partial charge in [0.1, 0.15) is 0 Å². The van der Waals surface area contributed by atoms with Crippen molar-refractivity contribution < 1.29 is 4.73 Å². The SMILES string of the molecule is Cn1cc(-c2c(-c3ccccc3)nnc(-c3ccccc3)[n+]2[O-])c2ccccc21. The Labute approximate surface area is 168 Å². The van der Waals surface area contributed by atoms with Crippen LogP contribution in [0.5, 0.6) is 0 Å². The third-order valence-corrected chi connectivity index (χ3v) is 5.10. The van der Waals surface area contributed by atoms with E-state index in [0.29, 0.717) is 11.4 Å². The molecule has 140 valence electrons. The van der Waals surface area contributed by atoms with Gasteiger partial charge in [0.15, 0.2) is 11.4 Å². The van der Waals surface area contributed by atoms with Crippen LogP contribution in [-0.4, -0.2) is 14.8 Å². The van der Waals surface area contributed by atoms with Crippen LogP contribution < -0.4 is 4.73 Å². The van der Waals surface area contributed by atoms with Gasteiger partial charge in [-0.25, -0.2) is 4.73 Å². The summed E-state index contributed by atoms with van der Waals surface area (Å²) in [6.07, 6.45) is 1.98. The molecule has 0 radical (unpaired) electrons. The molecule has 0 bridgehead atoms. The zero-order valence-corrected chi connectivity index (χ0v) is 15.9. The quantitative estimate of drug-likeness (QED) is 0.340. The number of rotatable bonds is 3. The molecule has 0 saturated heterocycles. The maximum Gasteiger partial charge on any atom is 0.361 e. The Bertz CT molecular complexity index is 1310. The topological polar surface area (TPSA) is 57.7 Å². The number of aromatic nitrogens is 4. The van der Waals surface area contributed by atoms with E-state index in [1.807, 2.05) is 103 Å². The van der Waals surface area contributed by atoms with Crippen LogP contribution in [0.15, 0.2) is 91.1 Å². The summed E-state index contributed by atoms with van der Waals surface area (Å²) in [6.45, 7) is 0. The third kappa shape index (κ3) is 2.84. The molecule has 0 atom stereocenters. The van der Waals surface area contributed by atoms with E-state index in [2.05, 4.69) is 10.2 Å². The van der Waals surface area contributed by atoms with Crippen molar-refractivity contribution in [3.05, 3.63) is 96.3 Å². The number of para-hydroxylation sites is 1. The summed E-state index contributed by atoms with van der Waals surface area (Å²) in [6, 6.07) is 27.2. The highest BCUT2D eigenvalue weighted by Crippen LogP contribution is 2.34. The molecule has 0 saturated carbocycles. The fourth-order valence-electron chi connectivity index (χ4n) is 3.71. The van der Waals surface area contributed by atoms with E-state index in [1.54, 1.807) is 0 Å². The Kier molecular flexibility index (Phi) is 4.06. The summed E-state index contributed by atoms with van der Waals surface area (Å²) in [4.78, 5) is 0. The number of benzene rings is 3. The second kappa shape index (κ2) is 6.87. The van der Waals surface area contributed by atoms with Crippen LogP contribution in [0, 0.1) is 5.21 Å². The number of nitrogens with zero attached hydrogens (tertiary/aromatic N) is 4. The lowest BCUT2D eigenvalue weighted by atomic mass is 10.0. The number of hydrogen-bond acceptors (Lipinski definition) is 3. The lowest BCUT2D eigenvalue weighted by Gasteiger charge is -2.14. The van der Waals surface area contributed by atoms with Crippen molar-refractivity contribution in [2.75, 3.05) is 0 Å². The van der Waals surface area contributed by atoms with Crippen LogP contribution in [0.4, 0.5) is 0 Å². The van der Waals surface area contributed by atoms with Crippen LogP contribution in [-0.2, 0) is 7.05 Å². The molecular weight excluding hydrogens is 360 g/mol. The zero-order valence-electron chi connectivity index (χ0n) is 15.9. The Morgan fingerprint density at radius 2 is 1.38 bits per heavy atom. The van der Waals surface area contributed by atoms with Crippen LogP contribution in [0.1, 0.15) is 0 Å². The van der Waals surface area contributed by atoms with E-state index in [4.69, 9.17) is 0 Å². The van der Waals surface area contributed by atoms with Gasteiger partial charge in [0.2, 0.25) is 0 Å². The molecule has 0 fully saturated rings. The van der Waals surface area contributed by atoms with Crippen LogP contribution in [0.3, 0.4) is 0 Å². The average Bonchev–Trinajstić information content (AvgIpc) is 3.11. The number of hydrogen-bond donors (Lipinski definition) is 0. The van der Waals surface area contributed by atoms with Crippen molar-refractivity contribution in [1.29, 1.82) is 0 Å². The molecule has 0 aliphatic heterocycles. The highest BCUT2D eigenvalue weighted by molar-refractivity contribution is 5.97. The first-order valence-corrected chi connectivity index (χ1v) is 9.39. The highest BCUT2D eigenvalue weighted by atomic mass is 16.5. The Hall–Kier alpha value is -3.99. The number of fused-ring (bicyclic) bond motifs is 1. The van der Waals surface area contributed by atoms with Crippen LogP contribution >= 0.6 is 0 Å². The minimum absolute atomic E-state index is 0.285. The smallest absolute Gasteiger partial charge is 0.361 e. The Morgan fingerprint density at radius 3 is 2.10 bits per heavy atom. The molecule has 2 aromatic heterocycles. The summed E-state index contributed by atoms with van der Waals surface area (Å²) in [5, 5.41) is 23.4. The van der Waals surface area contributed by atoms with Gasteiger partial charge in [0.25, 0.3) is 0 Å². The van der Waals surface area contributed by atoms with Crippen molar-refractivity contribution in [2.24, 2.45) is 7.05 Å². The van der Waals surface area contributed by atoms with Gasteiger partial charge in [0, 0.05) is 35.3 Å². The fraction of sp³-hybridized carbons (Fsp3) is 0.0417. The van der Waals surface area contributed by atoms with Gasteiger partial charge in [0.05, 0.1) is 10.7 Å². The maximum atomic E-state index is 13.6. The summed E-state index contributed by atoms with van der Waals surface area (Å²) in [5.74, 6) is 0.285. The summed E-state index contributed by atoms with van der Waals surface area (Å²) >= 11 is 0. The first-order chi connectivity index (χ1) is 14.2. The molecule has 0 spiro atoms. The Balaban J connectivity index is 1.86. The lowest BCUT2D eigenvalue weighted by molar-refractivity contribution is -0.585. The number of aryl methyl sites for hydroxylation is 1. The van der Waals surface area contributed by atoms with Crippen molar-refractivity contribution in [1.82, 2.24) is 14.8 Å². The molecule has 2 heterocycles. The normalized spacial score (nSPS) is 11.1. The molecule has 0 N–H and O–H groups in total. The van der Waals surface area contributed by atoms with Crippen molar-refractivity contribution in [3.63, 3.8) is 0 Å². The Morgan fingerprint density at radius 1 is 0.759 bits per heavy atom. The molecule has 0 aliphatic rings. The van der Waals surface area contributed by atoms with Gasteiger partial charge in [-0.2, -0.15) is 0 Å². The highest BCUT2D eigenvalue weighted by Gasteiger charge is 2.25. The molecule has 3 aromatic carbocycles. The van der Waals surface area contributed by atoms with Gasteiger partial charge in [-0.05, 0) is 23.3 Å². The fourth-order valence-corrected chi connectivity index (χ4v) is 3.71. The standard InChI is InChI=1S/C24H18N4O/c1-27-16-20(19-14-8-9-15-21(19)27)23-22(17-10-4-2-5-11-17)25-26-24(28(23)29)18-12-6-3-7-13-18/h2-16H,1H3. The van der Waals surface area contributed by atoms with Gasteiger partial charge < -0.3 is 9.77 Å². The first kappa shape index (κ1) is 17.1. The molecular formula is C24H18N4O. The first-order valence-electron chi connectivity index (χ1n) is 9.39. The van der Waals surface area contributed by atoms with Gasteiger partial charge in [-0.1, -0.05) is 66.7 Å². The van der Waals surface area contributed by atoms with Crippen LogP contribution in [0.2, 0.25) is 0 Å². The van der Waals surface area contributed by atoms with E-state index in [0.717, 1.165) is 32.3 Å². The van der Waals surface area contributed by atoms with E-state index in [1.165, 1.54) is 0 Å². The average molecular weight is 378 g/mol. The molecule has 0 unspecified atom stereocenters. The zero-order chi connectivity index (χ0) is 19.8. The monoisotopic (exact) mass is 378 g/mol. The van der Waals surface area contributed by atoms with Crippen molar-refractivity contribution in [2.45, 2.75) is 0 Å². The minimum atomic E-state index is 0.285. The van der Waals surface area contributed by atoms with Crippen molar-refractivity contribution >= 4 is 10.9 Å². The van der Waals surface area contributed by atoms with Gasteiger partial charge >= 0.3 is 5.82 Å². The van der Waals surface area contributed by atoms with E-state index in [9.17, 15) is 5.21 Å². The van der Waals surface area contributed by atoms with Gasteiger partial charge in [-0.3, -0.25) is 0 Å². The third-order valence-electron chi connectivity index (χ3n) is 5.10. The van der Waals surface area contributed by atoms with Crippen LogP contribution in [0.25, 0.3) is 44.8 Å². The molecule has 0 amide bonds. The summed E-state index contributed by atoms with van der Waals surface area (Å²) < 4.78 is 2.94. The molecule has 29 heavy (non-hydrogen) atoms. The molecule has 0 aliphatic carbocycles.